The molecule has 11 nitrogen and oxygen atoms in total. The van der Waals surface area contributed by atoms with Crippen molar-refractivity contribution in [2.24, 2.45) is 0 Å². The predicted molar refractivity (Wildman–Crippen MR) is 148 cm³/mol. The monoisotopic (exact) mass is 614 g/mol. The van der Waals surface area contributed by atoms with Gasteiger partial charge in [0.1, 0.15) is 24.6 Å². The summed E-state index contributed by atoms with van der Waals surface area (Å²) in [7, 11) is 4.18. The van der Waals surface area contributed by atoms with E-state index in [1.54, 1.807) is 56.1 Å². The van der Waals surface area contributed by atoms with Gasteiger partial charge >= 0.3 is 12.1 Å². The van der Waals surface area contributed by atoms with Gasteiger partial charge in [-0.2, -0.15) is 13.2 Å². The van der Waals surface area contributed by atoms with E-state index in [-0.39, 0.29) is 36.9 Å². The number of nitrogens with zero attached hydrogens (tertiary/aromatic N) is 4. The van der Waals surface area contributed by atoms with Crippen molar-refractivity contribution in [2.75, 3.05) is 31.5 Å². The van der Waals surface area contributed by atoms with Crippen LogP contribution in [-0.2, 0) is 19.0 Å². The summed E-state index contributed by atoms with van der Waals surface area (Å²) >= 11 is 0. The first-order valence-electron chi connectivity index (χ1n) is 12.4. The standard InChI is InChI=1S/C25H29F3N6O5S2/c1-24(2,11-29-23(36)25(26,27)28)41-40-14-38-16-9-18(39-17(16)10-37-3)34-13-32-19-20(30-12-31-21(19)34)33-22(35)15-7-5-4-6-8-15/h4-8,12-13,16-18H,9-11,14H2,1-3H3,(H,29,36)(H,30,31,33,35)/t16?,17-,18-/m1/s1. The van der Waals surface area contributed by atoms with Crippen LogP contribution < -0.4 is 10.6 Å². The van der Waals surface area contributed by atoms with Gasteiger partial charge in [0.05, 0.1) is 19.0 Å². The number of rotatable bonds is 12. The molecule has 41 heavy (non-hydrogen) atoms. The summed E-state index contributed by atoms with van der Waals surface area (Å²) in [5.74, 6) is -1.80. The number of hydrogen-bond donors (Lipinski definition) is 2. The number of aromatic nitrogens is 4. The molecule has 2 amide bonds. The van der Waals surface area contributed by atoms with Crippen molar-refractivity contribution in [1.82, 2.24) is 24.8 Å². The number of benzene rings is 1. The van der Waals surface area contributed by atoms with Gasteiger partial charge in [-0.3, -0.25) is 14.2 Å². The molecule has 3 aromatic rings. The number of carbonyl (C=O) groups excluding carboxylic acids is 2. The van der Waals surface area contributed by atoms with Gasteiger partial charge in [-0.1, -0.05) is 39.8 Å². The van der Waals surface area contributed by atoms with E-state index in [1.807, 2.05) is 11.4 Å². The number of fused-ring (bicyclic) bond motifs is 1. The van der Waals surface area contributed by atoms with Crippen molar-refractivity contribution in [3.63, 3.8) is 0 Å². The molecule has 222 valence electrons. The van der Waals surface area contributed by atoms with Crippen molar-refractivity contribution in [1.29, 1.82) is 0 Å². The van der Waals surface area contributed by atoms with E-state index in [0.29, 0.717) is 23.1 Å². The fourth-order valence-electron chi connectivity index (χ4n) is 4.01. The highest BCUT2D eigenvalue weighted by molar-refractivity contribution is 8.77. The molecule has 0 spiro atoms. The number of alkyl halides is 3. The number of hydrogen-bond acceptors (Lipinski definition) is 10. The van der Waals surface area contributed by atoms with Crippen molar-refractivity contribution in [3.05, 3.63) is 48.5 Å². The van der Waals surface area contributed by atoms with Crippen LogP contribution in [0.3, 0.4) is 0 Å². The van der Waals surface area contributed by atoms with Gasteiger partial charge in [0, 0.05) is 30.4 Å². The molecule has 1 fully saturated rings. The van der Waals surface area contributed by atoms with E-state index < -0.39 is 29.2 Å². The molecule has 1 unspecified atom stereocenters. The van der Waals surface area contributed by atoms with E-state index >= 15 is 0 Å². The van der Waals surface area contributed by atoms with Gasteiger partial charge in [-0.25, -0.2) is 15.0 Å². The third-order valence-electron chi connectivity index (χ3n) is 6.00. The normalized spacial score (nSPS) is 19.4. The number of methoxy groups -OCH3 is 1. The van der Waals surface area contributed by atoms with Crippen LogP contribution in [0, 0.1) is 0 Å². The molecule has 1 aromatic carbocycles. The Morgan fingerprint density at radius 1 is 1.17 bits per heavy atom. The molecule has 3 atom stereocenters. The molecule has 3 heterocycles. The second kappa shape index (κ2) is 13.4. The zero-order chi connectivity index (χ0) is 29.6. The highest BCUT2D eigenvalue weighted by atomic mass is 33.1. The highest BCUT2D eigenvalue weighted by Crippen LogP contribution is 2.38. The Morgan fingerprint density at radius 2 is 1.93 bits per heavy atom. The van der Waals surface area contributed by atoms with Crippen molar-refractivity contribution in [2.45, 2.75) is 49.6 Å². The molecular weight excluding hydrogens is 585 g/mol. The van der Waals surface area contributed by atoms with Gasteiger partial charge in [0.2, 0.25) is 0 Å². The van der Waals surface area contributed by atoms with Gasteiger partial charge < -0.3 is 24.8 Å². The number of carbonyl (C=O) groups is 2. The number of anilines is 1. The third-order valence-corrected chi connectivity index (χ3v) is 8.94. The van der Waals surface area contributed by atoms with Crippen LogP contribution >= 0.6 is 21.6 Å². The molecular formula is C25H29F3N6O5S2. The lowest BCUT2D eigenvalue weighted by Gasteiger charge is -2.24. The molecule has 1 saturated heterocycles. The van der Waals surface area contributed by atoms with Crippen LogP contribution in [0.2, 0.25) is 0 Å². The Kier molecular flexibility index (Phi) is 10.1. The number of ether oxygens (including phenoxy) is 3. The molecule has 2 N–H and O–H groups in total. The molecule has 2 aromatic heterocycles. The predicted octanol–water partition coefficient (Wildman–Crippen LogP) is 4.19. The summed E-state index contributed by atoms with van der Waals surface area (Å²) in [6.45, 7) is 3.57. The van der Waals surface area contributed by atoms with Gasteiger partial charge in [0.25, 0.3) is 5.91 Å². The maximum Gasteiger partial charge on any atom is 0.471 e. The minimum Gasteiger partial charge on any atom is -0.382 e. The average Bonchev–Trinajstić information content (AvgIpc) is 3.54. The lowest BCUT2D eigenvalue weighted by Crippen LogP contribution is -2.42. The first kappa shape index (κ1) is 31.0. The molecule has 1 aliphatic heterocycles. The fourth-order valence-corrected chi connectivity index (χ4v) is 6.18. The minimum atomic E-state index is -4.92. The quantitative estimate of drug-likeness (QED) is 0.174. The van der Waals surface area contributed by atoms with E-state index in [0.717, 1.165) is 0 Å². The summed E-state index contributed by atoms with van der Waals surface area (Å²) in [4.78, 5) is 36.7. The Morgan fingerprint density at radius 3 is 2.63 bits per heavy atom. The smallest absolute Gasteiger partial charge is 0.382 e. The van der Waals surface area contributed by atoms with Gasteiger partial charge in [0.15, 0.2) is 17.0 Å². The third kappa shape index (κ3) is 8.09. The molecule has 0 aliphatic carbocycles. The van der Waals surface area contributed by atoms with Crippen LogP contribution in [0.15, 0.2) is 43.0 Å². The second-order valence-electron chi connectivity index (χ2n) is 9.65. The SMILES string of the molecule is COC[C@H]1O[C@@H](n2cnc3c(NC(=O)c4ccccc4)ncnc32)CC1OCSSC(C)(C)CNC(=O)C(F)(F)F. The number of imidazole rings is 1. The lowest BCUT2D eigenvalue weighted by atomic mass is 10.2. The molecule has 16 heteroatoms. The summed E-state index contributed by atoms with van der Waals surface area (Å²) in [5, 5.41) is 4.69. The van der Waals surface area contributed by atoms with Crippen molar-refractivity contribution < 1.29 is 37.0 Å². The Balaban J connectivity index is 1.36. The van der Waals surface area contributed by atoms with Crippen LogP contribution in [-0.4, -0.2) is 80.7 Å². The first-order valence-corrected chi connectivity index (χ1v) is 14.8. The summed E-state index contributed by atoms with van der Waals surface area (Å²) in [6, 6.07) is 8.73. The molecule has 0 radical (unpaired) electrons. The van der Waals surface area contributed by atoms with Crippen LogP contribution in [0.25, 0.3) is 11.2 Å². The van der Waals surface area contributed by atoms with E-state index in [4.69, 9.17) is 14.2 Å². The first-order chi connectivity index (χ1) is 19.5. The van der Waals surface area contributed by atoms with E-state index in [9.17, 15) is 22.8 Å². The maximum atomic E-state index is 12.6. The molecule has 0 saturated carbocycles. The Bertz CT molecular complexity index is 1340. The summed E-state index contributed by atoms with van der Waals surface area (Å²) in [6.07, 6.45) is -2.80. The fraction of sp³-hybridized carbons (Fsp3) is 0.480. The average molecular weight is 615 g/mol. The minimum absolute atomic E-state index is 0.159. The van der Waals surface area contributed by atoms with Crippen molar-refractivity contribution >= 4 is 50.4 Å². The van der Waals surface area contributed by atoms with Crippen LogP contribution in [0.4, 0.5) is 19.0 Å². The molecule has 0 bridgehead atoms. The summed E-state index contributed by atoms with van der Waals surface area (Å²) < 4.78 is 56.0. The molecule has 4 rings (SSSR count). The largest absolute Gasteiger partial charge is 0.471 e. The number of halogens is 3. The zero-order valence-electron chi connectivity index (χ0n) is 22.4. The van der Waals surface area contributed by atoms with Crippen LogP contribution in [0.1, 0.15) is 36.9 Å². The Labute approximate surface area is 241 Å². The van der Waals surface area contributed by atoms with Crippen molar-refractivity contribution in [3.8, 4) is 0 Å². The number of nitrogens with one attached hydrogen (secondary N) is 2. The summed E-state index contributed by atoms with van der Waals surface area (Å²) in [5.41, 5.74) is 1.35. The van der Waals surface area contributed by atoms with E-state index in [2.05, 4.69) is 20.3 Å². The number of amides is 2. The topological polar surface area (TPSA) is 129 Å². The maximum absolute atomic E-state index is 12.6. The van der Waals surface area contributed by atoms with E-state index in [1.165, 1.54) is 27.9 Å². The highest BCUT2D eigenvalue weighted by Gasteiger charge is 2.40. The van der Waals surface area contributed by atoms with Gasteiger partial charge in [-0.15, -0.1) is 0 Å². The zero-order valence-corrected chi connectivity index (χ0v) is 24.0. The second-order valence-corrected chi connectivity index (χ2v) is 12.6. The van der Waals surface area contributed by atoms with Crippen LogP contribution in [0.5, 0.6) is 0 Å². The lowest BCUT2D eigenvalue weighted by molar-refractivity contribution is -0.173. The molecule has 1 aliphatic rings. The van der Waals surface area contributed by atoms with Gasteiger partial charge in [-0.05, 0) is 26.0 Å². The Hall–Kier alpha value is -2.92.